The molecule has 1 fully saturated rings. The largest absolute Gasteiger partial charge is 0.338 e. The number of nitrogens with two attached hydrogens (primary N) is 1. The summed E-state index contributed by atoms with van der Waals surface area (Å²) in [5.74, 6) is 0.155. The molecule has 1 heterocycles. The summed E-state index contributed by atoms with van der Waals surface area (Å²) in [6.07, 6.45) is 6.09. The molecule has 2 rings (SSSR count). The Morgan fingerprint density at radius 1 is 1.38 bits per heavy atom. The highest BCUT2D eigenvalue weighted by molar-refractivity contribution is 5.85. The van der Waals surface area contributed by atoms with Crippen molar-refractivity contribution in [3.05, 3.63) is 35.9 Å². The zero-order valence-electron chi connectivity index (χ0n) is 12.8. The van der Waals surface area contributed by atoms with Gasteiger partial charge in [0, 0.05) is 12.6 Å². The Hall–Kier alpha value is -1.06. The third kappa shape index (κ3) is 5.01. The highest BCUT2D eigenvalue weighted by Crippen LogP contribution is 2.23. The molecule has 2 N–H and O–H groups in total. The van der Waals surface area contributed by atoms with Crippen LogP contribution in [0.4, 0.5) is 0 Å². The molecule has 0 bridgehead atoms. The van der Waals surface area contributed by atoms with Crippen LogP contribution in [0.15, 0.2) is 30.3 Å². The summed E-state index contributed by atoms with van der Waals surface area (Å²) < 4.78 is 0. The number of carbonyl (C=O) groups excluding carboxylic acids is 1. The van der Waals surface area contributed by atoms with Crippen LogP contribution < -0.4 is 5.73 Å². The van der Waals surface area contributed by atoms with Crippen LogP contribution in [0.25, 0.3) is 0 Å². The van der Waals surface area contributed by atoms with Crippen LogP contribution in [-0.2, 0) is 11.2 Å². The number of amides is 1. The maximum Gasteiger partial charge on any atom is 0.239 e. The lowest BCUT2D eigenvalue weighted by Crippen LogP contribution is -2.46. The van der Waals surface area contributed by atoms with Crippen LogP contribution in [0.1, 0.15) is 44.6 Å². The molecule has 0 aromatic heterocycles. The second kappa shape index (κ2) is 9.06. The van der Waals surface area contributed by atoms with Crippen molar-refractivity contribution < 1.29 is 4.79 Å². The fourth-order valence-electron chi connectivity index (χ4n) is 3.05. The van der Waals surface area contributed by atoms with Gasteiger partial charge in [0.25, 0.3) is 0 Å². The first-order chi connectivity index (χ1) is 9.72. The summed E-state index contributed by atoms with van der Waals surface area (Å²) in [5.41, 5.74) is 7.34. The molecule has 1 aromatic rings. The average Bonchev–Trinajstić information content (AvgIpc) is 2.94. The van der Waals surface area contributed by atoms with E-state index < -0.39 is 0 Å². The number of carbonyl (C=O) groups is 1. The smallest absolute Gasteiger partial charge is 0.239 e. The van der Waals surface area contributed by atoms with Crippen molar-refractivity contribution in [1.82, 2.24) is 4.90 Å². The van der Waals surface area contributed by atoms with Gasteiger partial charge in [0.05, 0.1) is 6.04 Å². The highest BCUT2D eigenvalue weighted by atomic mass is 35.5. The zero-order valence-corrected chi connectivity index (χ0v) is 13.6. The van der Waals surface area contributed by atoms with Gasteiger partial charge in [0.2, 0.25) is 5.91 Å². The van der Waals surface area contributed by atoms with Crippen molar-refractivity contribution in [2.24, 2.45) is 5.73 Å². The molecule has 2 atom stereocenters. The SMILES string of the molecule is CCCC(N)C(=O)N1CCCC1CCc1ccccc1.Cl. The van der Waals surface area contributed by atoms with Gasteiger partial charge in [0.15, 0.2) is 0 Å². The van der Waals surface area contributed by atoms with Gasteiger partial charge in [0.1, 0.15) is 0 Å². The van der Waals surface area contributed by atoms with Gasteiger partial charge in [-0.3, -0.25) is 4.79 Å². The van der Waals surface area contributed by atoms with Crippen LogP contribution in [0.3, 0.4) is 0 Å². The molecule has 1 amide bonds. The lowest BCUT2D eigenvalue weighted by molar-refractivity contribution is -0.133. The van der Waals surface area contributed by atoms with E-state index in [1.165, 1.54) is 5.56 Å². The Morgan fingerprint density at radius 2 is 2.10 bits per heavy atom. The molecular weight excluding hydrogens is 284 g/mol. The predicted octanol–water partition coefficient (Wildman–Crippen LogP) is 3.16. The van der Waals surface area contributed by atoms with E-state index in [-0.39, 0.29) is 24.4 Å². The van der Waals surface area contributed by atoms with Gasteiger partial charge in [-0.25, -0.2) is 0 Å². The van der Waals surface area contributed by atoms with E-state index in [9.17, 15) is 4.79 Å². The zero-order chi connectivity index (χ0) is 14.4. The summed E-state index contributed by atoms with van der Waals surface area (Å²) in [5, 5.41) is 0. The number of halogens is 1. The first-order valence-corrected chi connectivity index (χ1v) is 7.82. The quantitative estimate of drug-likeness (QED) is 0.877. The van der Waals surface area contributed by atoms with E-state index >= 15 is 0 Å². The van der Waals surface area contributed by atoms with Crippen LogP contribution in [0.5, 0.6) is 0 Å². The molecule has 3 nitrogen and oxygen atoms in total. The third-order valence-electron chi connectivity index (χ3n) is 4.19. The standard InChI is InChI=1S/C17H26N2O.ClH/c1-2-7-16(18)17(20)19-13-6-10-15(19)12-11-14-8-4-3-5-9-14;/h3-5,8-9,15-16H,2,6-7,10-13,18H2,1H3;1H. The number of hydrogen-bond acceptors (Lipinski definition) is 2. The third-order valence-corrected chi connectivity index (χ3v) is 4.19. The van der Waals surface area contributed by atoms with Crippen LogP contribution in [0, 0.1) is 0 Å². The normalized spacial score (nSPS) is 19.1. The van der Waals surface area contributed by atoms with Crippen molar-refractivity contribution >= 4 is 18.3 Å². The molecule has 118 valence electrons. The monoisotopic (exact) mass is 310 g/mol. The first-order valence-electron chi connectivity index (χ1n) is 7.82. The summed E-state index contributed by atoms with van der Waals surface area (Å²) in [4.78, 5) is 14.4. The average molecular weight is 311 g/mol. The second-order valence-corrected chi connectivity index (χ2v) is 5.75. The van der Waals surface area contributed by atoms with E-state index in [1.807, 2.05) is 11.0 Å². The van der Waals surface area contributed by atoms with Gasteiger partial charge >= 0.3 is 0 Å². The molecular formula is C17H27ClN2O. The topological polar surface area (TPSA) is 46.3 Å². The summed E-state index contributed by atoms with van der Waals surface area (Å²) >= 11 is 0. The first kappa shape index (κ1) is 18.0. The Bertz CT molecular complexity index is 424. The van der Waals surface area contributed by atoms with Crippen LogP contribution in [-0.4, -0.2) is 29.4 Å². The number of nitrogens with zero attached hydrogens (tertiary/aromatic N) is 1. The minimum absolute atomic E-state index is 0. The maximum absolute atomic E-state index is 12.4. The molecule has 0 aliphatic carbocycles. The number of hydrogen-bond donors (Lipinski definition) is 1. The molecule has 1 aliphatic heterocycles. The molecule has 0 spiro atoms. The van der Waals surface area contributed by atoms with Gasteiger partial charge < -0.3 is 10.6 Å². The maximum atomic E-state index is 12.4. The minimum atomic E-state index is -0.308. The highest BCUT2D eigenvalue weighted by Gasteiger charge is 2.30. The number of likely N-dealkylation sites (tertiary alicyclic amines) is 1. The van der Waals surface area contributed by atoms with E-state index in [0.717, 1.165) is 45.1 Å². The Kier molecular flexibility index (Phi) is 7.76. The molecule has 1 aromatic carbocycles. The predicted molar refractivity (Wildman–Crippen MR) is 89.6 cm³/mol. The van der Waals surface area contributed by atoms with Crippen molar-refractivity contribution in [2.75, 3.05) is 6.54 Å². The minimum Gasteiger partial charge on any atom is -0.338 e. The molecule has 1 saturated heterocycles. The number of aryl methyl sites for hydroxylation is 1. The van der Waals surface area contributed by atoms with Gasteiger partial charge in [-0.05, 0) is 37.7 Å². The summed E-state index contributed by atoms with van der Waals surface area (Å²) in [6, 6.07) is 10.6. The molecule has 0 radical (unpaired) electrons. The second-order valence-electron chi connectivity index (χ2n) is 5.75. The molecule has 2 unspecified atom stereocenters. The van der Waals surface area contributed by atoms with Crippen molar-refractivity contribution in [2.45, 2.75) is 57.5 Å². The van der Waals surface area contributed by atoms with Crippen molar-refractivity contribution in [3.63, 3.8) is 0 Å². The Morgan fingerprint density at radius 3 is 2.76 bits per heavy atom. The van der Waals surface area contributed by atoms with E-state index in [2.05, 4.69) is 31.2 Å². The molecule has 1 aliphatic rings. The lowest BCUT2D eigenvalue weighted by Gasteiger charge is -2.27. The fourth-order valence-corrected chi connectivity index (χ4v) is 3.05. The Labute approximate surface area is 134 Å². The summed E-state index contributed by atoms with van der Waals surface area (Å²) in [7, 11) is 0. The van der Waals surface area contributed by atoms with Crippen LogP contribution >= 0.6 is 12.4 Å². The fraction of sp³-hybridized carbons (Fsp3) is 0.588. The van der Waals surface area contributed by atoms with Gasteiger partial charge in [-0.15, -0.1) is 12.4 Å². The lowest BCUT2D eigenvalue weighted by atomic mass is 10.0. The number of rotatable bonds is 6. The molecule has 21 heavy (non-hydrogen) atoms. The van der Waals surface area contributed by atoms with Crippen LogP contribution in [0.2, 0.25) is 0 Å². The van der Waals surface area contributed by atoms with Gasteiger partial charge in [-0.1, -0.05) is 43.7 Å². The van der Waals surface area contributed by atoms with E-state index in [0.29, 0.717) is 6.04 Å². The Balaban J connectivity index is 0.00000220. The molecule has 4 heteroatoms. The number of benzene rings is 1. The van der Waals surface area contributed by atoms with Crippen molar-refractivity contribution in [3.8, 4) is 0 Å². The molecule has 0 saturated carbocycles. The van der Waals surface area contributed by atoms with E-state index in [4.69, 9.17) is 5.73 Å². The van der Waals surface area contributed by atoms with Crippen molar-refractivity contribution in [1.29, 1.82) is 0 Å². The van der Waals surface area contributed by atoms with E-state index in [1.54, 1.807) is 0 Å². The summed E-state index contributed by atoms with van der Waals surface area (Å²) in [6.45, 7) is 2.96. The van der Waals surface area contributed by atoms with Gasteiger partial charge in [-0.2, -0.15) is 0 Å².